The van der Waals surface area contributed by atoms with Gasteiger partial charge in [-0.05, 0) is 61.6 Å². The summed E-state index contributed by atoms with van der Waals surface area (Å²) in [5.74, 6) is 1.02. The SMILES string of the molecule is NS(=O)(=O)OC[C@H]1CC[C@H](n2ccc3c(N[C@H]4CCCc5ccccc54)ncnc32)C1. The van der Waals surface area contributed by atoms with E-state index in [0.29, 0.717) is 0 Å². The van der Waals surface area contributed by atoms with Crippen molar-refractivity contribution in [1.29, 1.82) is 0 Å². The van der Waals surface area contributed by atoms with Crippen molar-refractivity contribution in [1.82, 2.24) is 14.5 Å². The van der Waals surface area contributed by atoms with Gasteiger partial charge in [-0.1, -0.05) is 24.3 Å². The molecule has 2 heterocycles. The van der Waals surface area contributed by atoms with Gasteiger partial charge in [0.05, 0.1) is 18.0 Å². The van der Waals surface area contributed by atoms with E-state index in [4.69, 9.17) is 9.32 Å². The lowest BCUT2D eigenvalue weighted by molar-refractivity contribution is 0.253. The number of hydrogen-bond acceptors (Lipinski definition) is 6. The van der Waals surface area contributed by atoms with Crippen molar-refractivity contribution < 1.29 is 12.6 Å². The van der Waals surface area contributed by atoms with Crippen molar-refractivity contribution >= 4 is 27.2 Å². The highest BCUT2D eigenvalue weighted by Crippen LogP contribution is 2.38. The van der Waals surface area contributed by atoms with E-state index in [-0.39, 0.29) is 24.6 Å². The summed E-state index contributed by atoms with van der Waals surface area (Å²) in [5.41, 5.74) is 3.67. The Kier molecular flexibility index (Phi) is 5.41. The maximum atomic E-state index is 11.1. The normalized spacial score (nSPS) is 23.7. The van der Waals surface area contributed by atoms with Crippen molar-refractivity contribution in [3.63, 3.8) is 0 Å². The highest BCUT2D eigenvalue weighted by atomic mass is 32.2. The second-order valence-corrected chi connectivity index (χ2v) is 9.80. The topological polar surface area (TPSA) is 112 Å². The van der Waals surface area contributed by atoms with Crippen LogP contribution in [0.5, 0.6) is 0 Å². The summed E-state index contributed by atoms with van der Waals surface area (Å²) < 4.78 is 29.1. The molecule has 0 spiro atoms. The van der Waals surface area contributed by atoms with Crippen molar-refractivity contribution in [2.45, 2.75) is 50.6 Å². The fourth-order valence-corrected chi connectivity index (χ4v) is 5.48. The zero-order chi connectivity index (χ0) is 21.4. The molecular formula is C22H27N5O3S. The van der Waals surface area contributed by atoms with Crippen molar-refractivity contribution in [2.24, 2.45) is 11.1 Å². The number of anilines is 1. The van der Waals surface area contributed by atoms with Gasteiger partial charge in [0.1, 0.15) is 17.8 Å². The predicted octanol–water partition coefficient (Wildman–Crippen LogP) is 3.48. The predicted molar refractivity (Wildman–Crippen MR) is 119 cm³/mol. The average Bonchev–Trinajstić information content (AvgIpc) is 3.39. The molecule has 1 fully saturated rings. The Labute approximate surface area is 182 Å². The summed E-state index contributed by atoms with van der Waals surface area (Å²) in [4.78, 5) is 9.11. The Hall–Kier alpha value is -2.49. The van der Waals surface area contributed by atoms with Gasteiger partial charge in [0.15, 0.2) is 0 Å². The number of aromatic nitrogens is 3. The van der Waals surface area contributed by atoms with E-state index < -0.39 is 10.3 Å². The van der Waals surface area contributed by atoms with Crippen LogP contribution in [-0.2, 0) is 20.9 Å². The molecule has 3 atom stereocenters. The number of rotatable bonds is 6. The first kappa shape index (κ1) is 20.4. The van der Waals surface area contributed by atoms with Gasteiger partial charge in [0, 0.05) is 12.2 Å². The van der Waals surface area contributed by atoms with Crippen molar-refractivity contribution in [3.05, 3.63) is 54.0 Å². The number of nitrogens with one attached hydrogen (secondary N) is 1. The standard InChI is InChI=1S/C22H27N5O3S/c23-31(28,29)30-13-15-8-9-17(12-15)27-11-10-19-21(24-14-25-22(19)27)26-20-7-3-5-16-4-1-2-6-18(16)20/h1-2,4,6,10-11,14-15,17,20H,3,5,7-9,12-13H2,(H2,23,28,29)(H,24,25,26)/t15-,17-,20-/m0/s1. The first-order valence-electron chi connectivity index (χ1n) is 10.8. The lowest BCUT2D eigenvalue weighted by atomic mass is 9.88. The first-order valence-corrected chi connectivity index (χ1v) is 12.3. The van der Waals surface area contributed by atoms with Crippen molar-refractivity contribution in [3.8, 4) is 0 Å². The fourth-order valence-electron chi connectivity index (χ4n) is 5.09. The number of nitrogens with zero attached hydrogens (tertiary/aromatic N) is 3. The molecule has 2 aliphatic rings. The molecule has 0 bridgehead atoms. The van der Waals surface area contributed by atoms with E-state index >= 15 is 0 Å². The van der Waals surface area contributed by atoms with Crippen LogP contribution >= 0.6 is 0 Å². The van der Waals surface area contributed by atoms with Crippen LogP contribution in [0.15, 0.2) is 42.9 Å². The first-order chi connectivity index (χ1) is 15.0. The zero-order valence-corrected chi connectivity index (χ0v) is 18.1. The molecule has 8 nitrogen and oxygen atoms in total. The summed E-state index contributed by atoms with van der Waals surface area (Å²) in [6.45, 7) is 0.136. The smallest absolute Gasteiger partial charge is 0.333 e. The van der Waals surface area contributed by atoms with E-state index in [1.54, 1.807) is 6.33 Å². The summed E-state index contributed by atoms with van der Waals surface area (Å²) >= 11 is 0. The Morgan fingerprint density at radius 2 is 2.03 bits per heavy atom. The van der Waals surface area contributed by atoms with Crippen LogP contribution in [0, 0.1) is 5.92 Å². The van der Waals surface area contributed by atoms with Crippen LogP contribution in [-0.4, -0.2) is 29.6 Å². The molecule has 2 aliphatic carbocycles. The van der Waals surface area contributed by atoms with Crippen LogP contribution in [0.1, 0.15) is 55.3 Å². The molecule has 9 heteroatoms. The maximum absolute atomic E-state index is 11.1. The Bertz CT molecular complexity index is 1190. The molecule has 0 saturated heterocycles. The minimum absolute atomic E-state index is 0.136. The molecule has 0 radical (unpaired) electrons. The Morgan fingerprint density at radius 3 is 2.90 bits per heavy atom. The van der Waals surface area contributed by atoms with E-state index in [1.807, 2.05) is 0 Å². The van der Waals surface area contributed by atoms with Gasteiger partial charge in [-0.15, -0.1) is 0 Å². The number of nitrogens with two attached hydrogens (primary N) is 1. The largest absolute Gasteiger partial charge is 0.363 e. The van der Waals surface area contributed by atoms with Crippen LogP contribution in [0.4, 0.5) is 5.82 Å². The second-order valence-electron chi connectivity index (χ2n) is 8.58. The maximum Gasteiger partial charge on any atom is 0.333 e. The third-order valence-corrected chi connectivity index (χ3v) is 7.03. The number of aryl methyl sites for hydroxylation is 1. The quantitative estimate of drug-likeness (QED) is 0.606. The molecule has 0 amide bonds. The molecule has 1 saturated carbocycles. The molecule has 3 N–H and O–H groups in total. The van der Waals surface area contributed by atoms with Crippen LogP contribution < -0.4 is 10.5 Å². The van der Waals surface area contributed by atoms with Gasteiger partial charge in [-0.25, -0.2) is 15.1 Å². The summed E-state index contributed by atoms with van der Waals surface area (Å²) in [6.07, 6.45) is 9.73. The van der Waals surface area contributed by atoms with Crippen LogP contribution in [0.3, 0.4) is 0 Å². The number of hydrogen-bond donors (Lipinski definition) is 2. The van der Waals surface area contributed by atoms with E-state index in [1.165, 1.54) is 11.1 Å². The Morgan fingerprint density at radius 1 is 1.16 bits per heavy atom. The van der Waals surface area contributed by atoms with E-state index in [9.17, 15) is 8.42 Å². The third-order valence-electron chi connectivity index (χ3n) is 6.56. The minimum Gasteiger partial charge on any atom is -0.363 e. The minimum atomic E-state index is -3.89. The molecular weight excluding hydrogens is 414 g/mol. The molecule has 0 unspecified atom stereocenters. The zero-order valence-electron chi connectivity index (χ0n) is 17.3. The lowest BCUT2D eigenvalue weighted by Crippen LogP contribution is -2.19. The van der Waals surface area contributed by atoms with Gasteiger partial charge < -0.3 is 9.88 Å². The average molecular weight is 442 g/mol. The fraction of sp³-hybridized carbons (Fsp3) is 0.455. The molecule has 31 heavy (non-hydrogen) atoms. The highest BCUT2D eigenvalue weighted by molar-refractivity contribution is 7.84. The lowest BCUT2D eigenvalue weighted by Gasteiger charge is -2.27. The van der Waals surface area contributed by atoms with Crippen molar-refractivity contribution in [2.75, 3.05) is 11.9 Å². The van der Waals surface area contributed by atoms with E-state index in [2.05, 4.69) is 56.4 Å². The van der Waals surface area contributed by atoms with Gasteiger partial charge in [0.2, 0.25) is 0 Å². The molecule has 1 aromatic carbocycles. The van der Waals surface area contributed by atoms with Crippen LogP contribution in [0.2, 0.25) is 0 Å². The third kappa shape index (κ3) is 4.30. The summed E-state index contributed by atoms with van der Waals surface area (Å²) in [5, 5.41) is 9.64. The summed E-state index contributed by atoms with van der Waals surface area (Å²) in [6, 6.07) is 11.2. The molecule has 0 aliphatic heterocycles. The second kappa shape index (κ2) is 8.22. The number of benzene rings is 1. The van der Waals surface area contributed by atoms with Gasteiger partial charge in [-0.2, -0.15) is 8.42 Å². The van der Waals surface area contributed by atoms with Gasteiger partial charge in [0.25, 0.3) is 0 Å². The molecule has 5 rings (SSSR count). The van der Waals surface area contributed by atoms with Crippen LogP contribution in [0.25, 0.3) is 11.0 Å². The molecule has 2 aromatic heterocycles. The highest BCUT2D eigenvalue weighted by Gasteiger charge is 2.29. The summed E-state index contributed by atoms with van der Waals surface area (Å²) in [7, 11) is -3.89. The number of fused-ring (bicyclic) bond motifs is 2. The van der Waals surface area contributed by atoms with Gasteiger partial charge in [-0.3, -0.25) is 4.18 Å². The van der Waals surface area contributed by atoms with Gasteiger partial charge >= 0.3 is 10.3 Å². The molecule has 3 aromatic rings. The molecule has 164 valence electrons. The Balaban J connectivity index is 1.36. The monoisotopic (exact) mass is 441 g/mol. The van der Waals surface area contributed by atoms with E-state index in [0.717, 1.165) is 55.4 Å².